The molecule has 8 heteroatoms. The average molecular weight is 492 g/mol. The number of ether oxygens (including phenoxy) is 4. The molecule has 188 valence electrons. The largest absolute Gasteiger partial charge is 0.496 e. The summed E-state index contributed by atoms with van der Waals surface area (Å²) < 4.78 is 28.0. The Bertz CT molecular complexity index is 1340. The van der Waals surface area contributed by atoms with Crippen LogP contribution in [0.25, 0.3) is 33.6 Å². The fourth-order valence-electron chi connectivity index (χ4n) is 4.18. The van der Waals surface area contributed by atoms with Gasteiger partial charge in [0.15, 0.2) is 11.4 Å². The van der Waals surface area contributed by atoms with E-state index in [2.05, 4.69) is 4.98 Å². The van der Waals surface area contributed by atoms with Crippen LogP contribution in [0.4, 0.5) is 0 Å². The summed E-state index contributed by atoms with van der Waals surface area (Å²) in [6, 6.07) is 14.4. The van der Waals surface area contributed by atoms with Gasteiger partial charge in [0, 0.05) is 36.9 Å². The topological polar surface area (TPSA) is 100 Å². The molecule has 0 aliphatic rings. The van der Waals surface area contributed by atoms with Gasteiger partial charge in [0.2, 0.25) is 0 Å². The minimum absolute atomic E-state index is 0.0947. The van der Waals surface area contributed by atoms with Crippen LogP contribution >= 0.6 is 0 Å². The lowest BCUT2D eigenvalue weighted by atomic mass is 10.0. The fraction of sp³-hybridized carbons (Fsp3) is 0.286. The molecule has 1 N–H and O–H groups in total. The number of benzene rings is 2. The van der Waals surface area contributed by atoms with E-state index in [9.17, 15) is 9.90 Å². The highest BCUT2D eigenvalue weighted by Crippen LogP contribution is 2.43. The van der Waals surface area contributed by atoms with Crippen molar-refractivity contribution in [1.29, 1.82) is 0 Å². The van der Waals surface area contributed by atoms with Crippen LogP contribution in [-0.2, 0) is 4.74 Å². The molecule has 8 nitrogen and oxygen atoms in total. The molecule has 0 radical (unpaired) electrons. The van der Waals surface area contributed by atoms with Gasteiger partial charge in [-0.3, -0.25) is 9.78 Å². The van der Waals surface area contributed by atoms with Crippen molar-refractivity contribution in [3.05, 3.63) is 60.3 Å². The van der Waals surface area contributed by atoms with Crippen LogP contribution in [0.5, 0.6) is 17.2 Å². The van der Waals surface area contributed by atoms with Gasteiger partial charge in [0.1, 0.15) is 28.5 Å². The van der Waals surface area contributed by atoms with E-state index in [1.807, 2.05) is 30.3 Å². The van der Waals surface area contributed by atoms with Crippen LogP contribution in [0.3, 0.4) is 0 Å². The molecule has 4 rings (SSSR count). The summed E-state index contributed by atoms with van der Waals surface area (Å²) in [7, 11) is 6.28. The van der Waals surface area contributed by atoms with E-state index >= 15 is 0 Å². The lowest BCUT2D eigenvalue weighted by Crippen LogP contribution is -2.15. The zero-order valence-corrected chi connectivity index (χ0v) is 20.7. The molecule has 1 atom stereocenters. The molecule has 1 unspecified atom stereocenters. The first-order valence-electron chi connectivity index (χ1n) is 11.5. The summed E-state index contributed by atoms with van der Waals surface area (Å²) in [5, 5.41) is 9.90. The van der Waals surface area contributed by atoms with E-state index < -0.39 is 6.10 Å². The molecule has 0 fully saturated rings. The number of pyridine rings is 1. The number of fused-ring (bicyclic) bond motifs is 1. The maximum absolute atomic E-state index is 12.8. The monoisotopic (exact) mass is 491 g/mol. The van der Waals surface area contributed by atoms with E-state index in [4.69, 9.17) is 23.4 Å². The van der Waals surface area contributed by atoms with Gasteiger partial charge in [0.25, 0.3) is 0 Å². The predicted octanol–water partition coefficient (Wildman–Crippen LogP) is 5.16. The van der Waals surface area contributed by atoms with Crippen LogP contribution in [0.15, 0.2) is 59.1 Å². The molecule has 0 saturated heterocycles. The summed E-state index contributed by atoms with van der Waals surface area (Å²) in [4.78, 5) is 17.3. The zero-order valence-electron chi connectivity index (χ0n) is 20.7. The van der Waals surface area contributed by atoms with E-state index in [0.717, 1.165) is 11.1 Å². The number of aromatic nitrogens is 1. The fourth-order valence-corrected chi connectivity index (χ4v) is 4.18. The third-order valence-corrected chi connectivity index (χ3v) is 5.96. The summed E-state index contributed by atoms with van der Waals surface area (Å²) in [5.41, 5.74) is 3.82. The molecule has 0 bridgehead atoms. The molecule has 0 aliphatic carbocycles. The normalized spacial score (nSPS) is 11.9. The van der Waals surface area contributed by atoms with Gasteiger partial charge in [-0.25, -0.2) is 0 Å². The predicted molar refractivity (Wildman–Crippen MR) is 136 cm³/mol. The molecule has 4 aromatic rings. The smallest absolute Gasteiger partial charge is 0.163 e. The Morgan fingerprint density at radius 2 is 1.67 bits per heavy atom. The second-order valence-electron chi connectivity index (χ2n) is 8.21. The number of nitrogens with zero attached hydrogens (tertiary/aromatic N) is 1. The first kappa shape index (κ1) is 25.2. The third kappa shape index (κ3) is 5.05. The van der Waals surface area contributed by atoms with E-state index in [-0.39, 0.29) is 18.8 Å². The van der Waals surface area contributed by atoms with Crippen molar-refractivity contribution in [2.45, 2.75) is 18.9 Å². The number of hydrogen-bond acceptors (Lipinski definition) is 8. The lowest BCUT2D eigenvalue weighted by Gasteiger charge is -2.13. The van der Waals surface area contributed by atoms with Gasteiger partial charge >= 0.3 is 0 Å². The summed E-state index contributed by atoms with van der Waals surface area (Å²) >= 11 is 0. The highest BCUT2D eigenvalue weighted by molar-refractivity contribution is 5.99. The van der Waals surface area contributed by atoms with Crippen LogP contribution < -0.4 is 14.2 Å². The minimum atomic E-state index is -0.691. The van der Waals surface area contributed by atoms with Crippen LogP contribution in [-0.4, -0.2) is 57.0 Å². The van der Waals surface area contributed by atoms with E-state index in [1.54, 1.807) is 45.7 Å². The van der Waals surface area contributed by atoms with Gasteiger partial charge < -0.3 is 28.5 Å². The number of carbonyl (C=O) groups is 1. The van der Waals surface area contributed by atoms with Crippen LogP contribution in [0.2, 0.25) is 0 Å². The number of ketones is 1. The Morgan fingerprint density at radius 3 is 2.33 bits per heavy atom. The molecule has 0 amide bonds. The number of methoxy groups -OCH3 is 4. The number of aliphatic hydroxyl groups excluding tert-OH is 1. The quantitative estimate of drug-likeness (QED) is 0.287. The highest BCUT2D eigenvalue weighted by atomic mass is 16.5. The van der Waals surface area contributed by atoms with E-state index in [1.165, 1.54) is 7.11 Å². The van der Waals surface area contributed by atoms with Crippen molar-refractivity contribution in [3.8, 4) is 39.7 Å². The Balaban J connectivity index is 1.77. The van der Waals surface area contributed by atoms with Crippen molar-refractivity contribution in [1.82, 2.24) is 4.98 Å². The average Bonchev–Trinajstić information content (AvgIpc) is 3.35. The maximum atomic E-state index is 12.8. The standard InChI is InChI=1S/C28H29NO7/c1-32-16-18(30)9-10-22(31)17-8-11-23(33-2)20(14-17)26-15-21-28(36-26)19(12-13-29-21)27-24(34-3)6-5-7-25(27)35-4/h5-8,11-15,18,30H,9-10,16H2,1-4H3. The molecular formula is C28H29NO7. The number of hydrogen-bond donors (Lipinski definition) is 1. The SMILES string of the molecule is COCC(O)CCC(=O)c1ccc(OC)c(-c2cc3nccc(-c4c(OC)cccc4OC)c3o2)c1. The molecule has 2 aromatic heterocycles. The Kier molecular flexibility index (Phi) is 7.87. The molecule has 0 saturated carbocycles. The highest BCUT2D eigenvalue weighted by Gasteiger charge is 2.21. The second-order valence-corrected chi connectivity index (χ2v) is 8.21. The van der Waals surface area contributed by atoms with Gasteiger partial charge in [-0.15, -0.1) is 0 Å². The van der Waals surface area contributed by atoms with Crippen LogP contribution in [0, 0.1) is 0 Å². The van der Waals surface area contributed by atoms with Gasteiger partial charge in [-0.2, -0.15) is 0 Å². The van der Waals surface area contributed by atoms with Gasteiger partial charge in [-0.1, -0.05) is 6.07 Å². The Hall–Kier alpha value is -3.88. The number of furan rings is 1. The lowest BCUT2D eigenvalue weighted by molar-refractivity contribution is 0.0560. The summed E-state index contributed by atoms with van der Waals surface area (Å²) in [6.45, 7) is 0.187. The second kappa shape index (κ2) is 11.2. The molecule has 0 spiro atoms. The van der Waals surface area contributed by atoms with E-state index in [0.29, 0.717) is 51.7 Å². The number of Topliss-reactive ketones (excluding diaryl/α,β-unsaturated/α-hetero) is 1. The molecule has 2 heterocycles. The summed E-state index contributed by atoms with van der Waals surface area (Å²) in [5.74, 6) is 2.25. The van der Waals surface area contributed by atoms with Gasteiger partial charge in [0.05, 0.1) is 45.2 Å². The minimum Gasteiger partial charge on any atom is -0.496 e. The van der Waals surface area contributed by atoms with Crippen molar-refractivity contribution in [3.63, 3.8) is 0 Å². The van der Waals surface area contributed by atoms with Crippen molar-refractivity contribution in [2.24, 2.45) is 0 Å². The Morgan fingerprint density at radius 1 is 0.944 bits per heavy atom. The van der Waals surface area contributed by atoms with Crippen molar-refractivity contribution < 1.29 is 33.3 Å². The molecular weight excluding hydrogens is 462 g/mol. The third-order valence-electron chi connectivity index (χ3n) is 5.96. The summed E-state index contributed by atoms with van der Waals surface area (Å²) in [6.07, 6.45) is 1.51. The molecule has 0 aliphatic heterocycles. The van der Waals surface area contributed by atoms with Crippen LogP contribution in [0.1, 0.15) is 23.2 Å². The molecule has 36 heavy (non-hydrogen) atoms. The first-order valence-corrected chi connectivity index (χ1v) is 11.5. The van der Waals surface area contributed by atoms with Crippen molar-refractivity contribution in [2.75, 3.05) is 35.0 Å². The van der Waals surface area contributed by atoms with Crippen molar-refractivity contribution >= 4 is 16.9 Å². The number of carbonyl (C=O) groups excluding carboxylic acids is 1. The first-order chi connectivity index (χ1) is 17.5. The maximum Gasteiger partial charge on any atom is 0.163 e. The number of rotatable bonds is 11. The zero-order chi connectivity index (χ0) is 25.7. The van der Waals surface area contributed by atoms with Gasteiger partial charge in [-0.05, 0) is 42.8 Å². The number of aliphatic hydroxyl groups is 1. The Labute approximate surface area is 209 Å². The molecule has 2 aromatic carbocycles.